The average molecular weight is 173 g/mol. The Morgan fingerprint density at radius 2 is 2.00 bits per heavy atom. The predicted octanol–water partition coefficient (Wildman–Crippen LogP) is -0.887. The van der Waals surface area contributed by atoms with Crippen LogP contribution in [0.4, 0.5) is 0 Å². The lowest BCUT2D eigenvalue weighted by Gasteiger charge is -2.48. The summed E-state index contributed by atoms with van der Waals surface area (Å²) in [4.78, 5) is 0. The van der Waals surface area contributed by atoms with Gasteiger partial charge in [0.15, 0.2) is 0 Å². The summed E-state index contributed by atoms with van der Waals surface area (Å²) in [5.74, 6) is 0. The Bertz CT molecular complexity index is 173. The van der Waals surface area contributed by atoms with Crippen molar-refractivity contribution >= 4 is 0 Å². The molecule has 0 spiro atoms. The number of hydrogen-bond donors (Lipinski definition) is 2. The Balaban J connectivity index is 2.15. The van der Waals surface area contributed by atoms with Crippen molar-refractivity contribution in [2.75, 3.05) is 33.0 Å². The van der Waals surface area contributed by atoms with Crippen LogP contribution in [0.5, 0.6) is 0 Å². The number of ether oxygens (including phenoxy) is 2. The first-order valence-corrected chi connectivity index (χ1v) is 4.30. The van der Waals surface area contributed by atoms with E-state index in [2.05, 4.69) is 0 Å². The molecule has 4 nitrogen and oxygen atoms in total. The van der Waals surface area contributed by atoms with Crippen LogP contribution in [0.1, 0.15) is 6.42 Å². The summed E-state index contributed by atoms with van der Waals surface area (Å²) in [6, 6.07) is 0. The topological polar surface area (TPSA) is 64.7 Å². The van der Waals surface area contributed by atoms with Crippen LogP contribution in [0.2, 0.25) is 0 Å². The average Bonchev–Trinajstić information content (AvgIpc) is 2.49. The zero-order valence-corrected chi connectivity index (χ0v) is 7.08. The Labute approximate surface area is 71.6 Å². The molecule has 2 aliphatic rings. The number of nitrogens with two attached hydrogens (primary N) is 1. The first kappa shape index (κ1) is 8.44. The van der Waals surface area contributed by atoms with E-state index in [0.29, 0.717) is 33.0 Å². The molecular weight excluding hydrogens is 158 g/mol. The molecule has 12 heavy (non-hydrogen) atoms. The highest BCUT2D eigenvalue weighted by molar-refractivity contribution is 5.05. The number of aliphatic hydroxyl groups is 1. The van der Waals surface area contributed by atoms with Gasteiger partial charge in [0.05, 0.1) is 19.8 Å². The summed E-state index contributed by atoms with van der Waals surface area (Å²) in [7, 11) is 0. The lowest BCUT2D eigenvalue weighted by molar-refractivity contribution is -0.238. The van der Waals surface area contributed by atoms with Crippen molar-refractivity contribution in [2.24, 2.45) is 11.1 Å². The van der Waals surface area contributed by atoms with Crippen LogP contribution in [0.3, 0.4) is 0 Å². The molecule has 2 fully saturated rings. The fourth-order valence-corrected chi connectivity index (χ4v) is 1.93. The maximum absolute atomic E-state index is 10.1. The van der Waals surface area contributed by atoms with Gasteiger partial charge in [0.2, 0.25) is 0 Å². The van der Waals surface area contributed by atoms with E-state index < -0.39 is 5.60 Å². The van der Waals surface area contributed by atoms with E-state index in [1.165, 1.54) is 0 Å². The minimum atomic E-state index is -0.724. The molecular formula is C8H15NO3. The van der Waals surface area contributed by atoms with Gasteiger partial charge >= 0.3 is 0 Å². The van der Waals surface area contributed by atoms with Crippen LogP contribution in [-0.2, 0) is 9.47 Å². The largest absolute Gasteiger partial charge is 0.384 e. The second-order valence-corrected chi connectivity index (χ2v) is 3.81. The maximum atomic E-state index is 10.1. The Morgan fingerprint density at radius 1 is 1.25 bits per heavy atom. The summed E-state index contributed by atoms with van der Waals surface area (Å²) < 4.78 is 10.3. The third kappa shape index (κ3) is 0.925. The summed E-state index contributed by atoms with van der Waals surface area (Å²) in [6.07, 6.45) is 0.851. The Hall–Kier alpha value is -0.160. The summed E-state index contributed by atoms with van der Waals surface area (Å²) in [5.41, 5.74) is 4.70. The van der Waals surface area contributed by atoms with E-state index in [-0.39, 0.29) is 5.41 Å². The van der Waals surface area contributed by atoms with Crippen molar-refractivity contribution in [3.8, 4) is 0 Å². The van der Waals surface area contributed by atoms with Gasteiger partial charge in [-0.15, -0.1) is 0 Å². The minimum absolute atomic E-state index is 0.245. The molecule has 0 saturated carbocycles. The van der Waals surface area contributed by atoms with Gasteiger partial charge in [-0.25, -0.2) is 0 Å². The molecule has 2 aliphatic heterocycles. The highest BCUT2D eigenvalue weighted by Gasteiger charge is 2.56. The molecule has 0 aliphatic carbocycles. The van der Waals surface area contributed by atoms with Crippen LogP contribution in [-0.4, -0.2) is 43.7 Å². The molecule has 3 N–H and O–H groups in total. The highest BCUT2D eigenvalue weighted by atomic mass is 16.5. The van der Waals surface area contributed by atoms with Gasteiger partial charge in [-0.05, 0) is 6.42 Å². The van der Waals surface area contributed by atoms with E-state index in [0.717, 1.165) is 6.42 Å². The lowest BCUT2D eigenvalue weighted by Crippen LogP contribution is -2.64. The fraction of sp³-hybridized carbons (Fsp3) is 1.00. The first-order valence-electron chi connectivity index (χ1n) is 4.30. The molecule has 0 radical (unpaired) electrons. The van der Waals surface area contributed by atoms with Crippen molar-refractivity contribution in [1.82, 2.24) is 0 Å². The van der Waals surface area contributed by atoms with Gasteiger partial charge in [0.25, 0.3) is 0 Å². The van der Waals surface area contributed by atoms with Crippen LogP contribution in [0.25, 0.3) is 0 Å². The van der Waals surface area contributed by atoms with Crippen LogP contribution >= 0.6 is 0 Å². The first-order chi connectivity index (χ1) is 5.72. The Kier molecular flexibility index (Phi) is 1.88. The molecule has 2 heterocycles. The van der Waals surface area contributed by atoms with Crippen LogP contribution < -0.4 is 5.73 Å². The lowest BCUT2D eigenvalue weighted by atomic mass is 9.70. The van der Waals surface area contributed by atoms with Crippen LogP contribution in [0, 0.1) is 5.41 Å². The van der Waals surface area contributed by atoms with E-state index >= 15 is 0 Å². The molecule has 2 rings (SSSR count). The molecule has 0 amide bonds. The quantitative estimate of drug-likeness (QED) is 0.568. The molecule has 2 saturated heterocycles. The smallest absolute Gasteiger partial charge is 0.120 e. The standard InChI is InChI=1S/C8H15NO3/c9-3-7(1-2-11-4-7)8(10)5-12-6-8/h10H,1-6,9H2. The van der Waals surface area contributed by atoms with Gasteiger partial charge in [-0.2, -0.15) is 0 Å². The predicted molar refractivity (Wildman–Crippen MR) is 42.7 cm³/mol. The van der Waals surface area contributed by atoms with Crippen molar-refractivity contribution in [3.63, 3.8) is 0 Å². The molecule has 0 aromatic carbocycles. The van der Waals surface area contributed by atoms with Gasteiger partial charge in [-0.1, -0.05) is 0 Å². The van der Waals surface area contributed by atoms with Crippen molar-refractivity contribution in [1.29, 1.82) is 0 Å². The summed E-state index contributed by atoms with van der Waals surface area (Å²) in [5, 5.41) is 10.1. The van der Waals surface area contributed by atoms with Gasteiger partial charge in [-0.3, -0.25) is 0 Å². The van der Waals surface area contributed by atoms with Crippen molar-refractivity contribution < 1.29 is 14.6 Å². The number of rotatable bonds is 2. The van der Waals surface area contributed by atoms with Crippen LogP contribution in [0.15, 0.2) is 0 Å². The van der Waals surface area contributed by atoms with E-state index in [4.69, 9.17) is 15.2 Å². The number of hydrogen-bond acceptors (Lipinski definition) is 4. The minimum Gasteiger partial charge on any atom is -0.384 e. The van der Waals surface area contributed by atoms with E-state index in [9.17, 15) is 5.11 Å². The second-order valence-electron chi connectivity index (χ2n) is 3.81. The molecule has 0 aromatic rings. The van der Waals surface area contributed by atoms with Gasteiger partial charge < -0.3 is 20.3 Å². The van der Waals surface area contributed by atoms with E-state index in [1.807, 2.05) is 0 Å². The molecule has 70 valence electrons. The summed E-state index contributed by atoms with van der Waals surface area (Å²) >= 11 is 0. The Morgan fingerprint density at radius 3 is 2.33 bits per heavy atom. The fourth-order valence-electron chi connectivity index (χ4n) is 1.93. The normalized spacial score (nSPS) is 39.5. The molecule has 1 unspecified atom stereocenters. The molecule has 0 aromatic heterocycles. The summed E-state index contributed by atoms with van der Waals surface area (Å²) in [6.45, 7) is 2.58. The van der Waals surface area contributed by atoms with E-state index in [1.54, 1.807) is 0 Å². The zero-order chi connectivity index (χ0) is 8.66. The van der Waals surface area contributed by atoms with Crippen molar-refractivity contribution in [2.45, 2.75) is 12.0 Å². The second kappa shape index (κ2) is 2.67. The molecule has 4 heteroatoms. The van der Waals surface area contributed by atoms with Gasteiger partial charge in [0, 0.05) is 18.6 Å². The third-order valence-corrected chi connectivity index (χ3v) is 3.16. The highest BCUT2D eigenvalue weighted by Crippen LogP contribution is 2.42. The van der Waals surface area contributed by atoms with Gasteiger partial charge in [0.1, 0.15) is 5.60 Å². The maximum Gasteiger partial charge on any atom is 0.120 e. The van der Waals surface area contributed by atoms with Crippen molar-refractivity contribution in [3.05, 3.63) is 0 Å². The third-order valence-electron chi connectivity index (χ3n) is 3.16. The monoisotopic (exact) mass is 173 g/mol. The SMILES string of the molecule is NCC1(C2(O)COC2)CCOC1. The zero-order valence-electron chi connectivity index (χ0n) is 7.08. The molecule has 0 bridgehead atoms. The molecule has 1 atom stereocenters.